The Hall–Kier alpha value is -2.01. The Balaban J connectivity index is 2.07. The Morgan fingerprint density at radius 2 is 1.62 bits per heavy atom. The standard InChI is InChI=1S/C22H28N2O2/c1-23(2)22(18-25,17-19-9-5-3-6-10-19)21(20-11-7-4-8-12-20)24-13-15-26-16-14-24/h3-12,18,21H,13-17H2,1-2H3. The zero-order valence-electron chi connectivity index (χ0n) is 15.7. The van der Waals surface area contributed by atoms with Crippen molar-refractivity contribution in [1.82, 2.24) is 9.80 Å². The molecule has 2 aromatic rings. The molecule has 2 unspecified atom stereocenters. The summed E-state index contributed by atoms with van der Waals surface area (Å²) in [5.74, 6) is 0. The SMILES string of the molecule is CN(C)C(C=O)(Cc1ccccc1)C(c1ccccc1)N1CCOCC1. The van der Waals surface area contributed by atoms with Gasteiger partial charge in [0.05, 0.1) is 19.3 Å². The van der Waals surface area contributed by atoms with E-state index in [1.165, 1.54) is 11.1 Å². The molecule has 3 rings (SSSR count). The summed E-state index contributed by atoms with van der Waals surface area (Å²) in [6.45, 7) is 3.07. The molecule has 1 heterocycles. The van der Waals surface area contributed by atoms with Crippen LogP contribution < -0.4 is 0 Å². The van der Waals surface area contributed by atoms with Crippen molar-refractivity contribution in [3.05, 3.63) is 71.8 Å². The molecule has 1 fully saturated rings. The predicted octanol–water partition coefficient (Wildman–Crippen LogP) is 2.80. The molecule has 0 aliphatic carbocycles. The minimum Gasteiger partial charge on any atom is -0.379 e. The van der Waals surface area contributed by atoms with Gasteiger partial charge in [-0.25, -0.2) is 0 Å². The highest BCUT2D eigenvalue weighted by molar-refractivity contribution is 5.68. The molecule has 138 valence electrons. The highest BCUT2D eigenvalue weighted by Crippen LogP contribution is 2.37. The summed E-state index contributed by atoms with van der Waals surface area (Å²) >= 11 is 0. The molecule has 0 radical (unpaired) electrons. The molecule has 4 nitrogen and oxygen atoms in total. The van der Waals surface area contributed by atoms with Crippen molar-refractivity contribution >= 4 is 6.29 Å². The number of nitrogens with zero attached hydrogens (tertiary/aromatic N) is 2. The van der Waals surface area contributed by atoms with E-state index >= 15 is 0 Å². The van der Waals surface area contributed by atoms with Gasteiger partial charge in [0, 0.05) is 13.1 Å². The first-order valence-electron chi connectivity index (χ1n) is 9.22. The third-order valence-corrected chi connectivity index (χ3v) is 5.37. The van der Waals surface area contributed by atoms with Crippen LogP contribution in [-0.2, 0) is 16.0 Å². The minimum absolute atomic E-state index is 0.0275. The molecule has 0 N–H and O–H groups in total. The van der Waals surface area contributed by atoms with Crippen LogP contribution in [-0.4, -0.2) is 62.0 Å². The number of benzene rings is 2. The van der Waals surface area contributed by atoms with Crippen molar-refractivity contribution in [2.45, 2.75) is 18.0 Å². The van der Waals surface area contributed by atoms with Crippen molar-refractivity contribution in [2.24, 2.45) is 0 Å². The molecule has 4 heteroatoms. The fraction of sp³-hybridized carbons (Fsp3) is 0.409. The van der Waals surface area contributed by atoms with Gasteiger partial charge in [-0.15, -0.1) is 0 Å². The molecule has 1 aliphatic heterocycles. The lowest BCUT2D eigenvalue weighted by molar-refractivity contribution is -0.124. The van der Waals surface area contributed by atoms with E-state index in [-0.39, 0.29) is 6.04 Å². The first-order chi connectivity index (χ1) is 12.7. The molecule has 0 amide bonds. The molecule has 2 atom stereocenters. The highest BCUT2D eigenvalue weighted by atomic mass is 16.5. The van der Waals surface area contributed by atoms with Crippen LogP contribution in [0.15, 0.2) is 60.7 Å². The molecule has 26 heavy (non-hydrogen) atoms. The molecule has 2 aromatic carbocycles. The van der Waals surface area contributed by atoms with E-state index in [0.717, 1.165) is 19.4 Å². The second-order valence-corrected chi connectivity index (χ2v) is 7.13. The molecule has 0 aromatic heterocycles. The average Bonchev–Trinajstić information content (AvgIpc) is 2.69. The van der Waals surface area contributed by atoms with Gasteiger partial charge >= 0.3 is 0 Å². The van der Waals surface area contributed by atoms with Crippen LogP contribution in [0.1, 0.15) is 17.2 Å². The predicted molar refractivity (Wildman–Crippen MR) is 104 cm³/mol. The van der Waals surface area contributed by atoms with E-state index in [0.29, 0.717) is 19.6 Å². The van der Waals surface area contributed by atoms with Crippen molar-refractivity contribution < 1.29 is 9.53 Å². The summed E-state index contributed by atoms with van der Waals surface area (Å²) in [5, 5.41) is 0. The summed E-state index contributed by atoms with van der Waals surface area (Å²) in [7, 11) is 4.02. The average molecular weight is 352 g/mol. The summed E-state index contributed by atoms with van der Waals surface area (Å²) in [6.07, 6.45) is 1.81. The van der Waals surface area contributed by atoms with Crippen molar-refractivity contribution in [3.8, 4) is 0 Å². The molecule has 0 saturated carbocycles. The van der Waals surface area contributed by atoms with Gasteiger partial charge in [-0.2, -0.15) is 0 Å². The Morgan fingerprint density at radius 3 is 2.15 bits per heavy atom. The number of likely N-dealkylation sites (N-methyl/N-ethyl adjacent to an activating group) is 1. The summed E-state index contributed by atoms with van der Waals surface area (Å²) in [4.78, 5) is 17.1. The lowest BCUT2D eigenvalue weighted by Crippen LogP contribution is -2.59. The van der Waals surface area contributed by atoms with E-state index in [9.17, 15) is 4.79 Å². The largest absolute Gasteiger partial charge is 0.379 e. The number of carbonyl (C=O) groups is 1. The third kappa shape index (κ3) is 3.88. The number of hydrogen-bond acceptors (Lipinski definition) is 4. The van der Waals surface area contributed by atoms with Gasteiger partial charge in [0.15, 0.2) is 0 Å². The topological polar surface area (TPSA) is 32.8 Å². The molecule has 0 spiro atoms. The normalized spacial score (nSPS) is 19.0. The van der Waals surface area contributed by atoms with Gasteiger partial charge in [-0.05, 0) is 31.6 Å². The van der Waals surface area contributed by atoms with Crippen LogP contribution in [0.25, 0.3) is 0 Å². The van der Waals surface area contributed by atoms with E-state index in [2.05, 4.69) is 46.2 Å². The Kier molecular flexibility index (Phi) is 6.20. The zero-order chi connectivity index (χ0) is 18.4. The Morgan fingerprint density at radius 1 is 1.04 bits per heavy atom. The maximum atomic E-state index is 12.6. The lowest BCUT2D eigenvalue weighted by atomic mass is 9.79. The number of hydrogen-bond donors (Lipinski definition) is 0. The molecular formula is C22H28N2O2. The van der Waals surface area contributed by atoms with Gasteiger partial charge in [0.25, 0.3) is 0 Å². The van der Waals surface area contributed by atoms with Crippen LogP contribution >= 0.6 is 0 Å². The minimum atomic E-state index is -0.653. The number of rotatable bonds is 7. The second kappa shape index (κ2) is 8.58. The third-order valence-electron chi connectivity index (χ3n) is 5.37. The van der Waals surface area contributed by atoms with Crippen molar-refractivity contribution in [1.29, 1.82) is 0 Å². The number of aldehydes is 1. The maximum absolute atomic E-state index is 12.6. The quantitative estimate of drug-likeness (QED) is 0.718. The van der Waals surface area contributed by atoms with E-state index in [1.807, 2.05) is 38.4 Å². The van der Waals surface area contributed by atoms with Crippen LogP contribution in [0.5, 0.6) is 0 Å². The number of morpholine rings is 1. The molecule has 0 bridgehead atoms. The smallest absolute Gasteiger partial charge is 0.142 e. The van der Waals surface area contributed by atoms with Gasteiger partial charge in [0.2, 0.25) is 0 Å². The van der Waals surface area contributed by atoms with Gasteiger partial charge < -0.3 is 9.53 Å². The number of carbonyl (C=O) groups excluding carboxylic acids is 1. The first kappa shape index (κ1) is 18.8. The molecule has 1 saturated heterocycles. The Labute approximate surface area is 156 Å². The monoisotopic (exact) mass is 352 g/mol. The van der Waals surface area contributed by atoms with Crippen LogP contribution in [0.4, 0.5) is 0 Å². The van der Waals surface area contributed by atoms with Crippen LogP contribution in [0.2, 0.25) is 0 Å². The van der Waals surface area contributed by atoms with Gasteiger partial charge in [-0.3, -0.25) is 9.80 Å². The summed E-state index contributed by atoms with van der Waals surface area (Å²) in [5.41, 5.74) is 1.69. The van der Waals surface area contributed by atoms with E-state index < -0.39 is 5.54 Å². The van der Waals surface area contributed by atoms with Crippen LogP contribution in [0.3, 0.4) is 0 Å². The maximum Gasteiger partial charge on any atom is 0.142 e. The molecular weight excluding hydrogens is 324 g/mol. The first-order valence-corrected chi connectivity index (χ1v) is 9.22. The second-order valence-electron chi connectivity index (χ2n) is 7.13. The van der Waals surface area contributed by atoms with Crippen LogP contribution in [0, 0.1) is 0 Å². The highest BCUT2D eigenvalue weighted by Gasteiger charge is 2.45. The van der Waals surface area contributed by atoms with E-state index in [1.54, 1.807) is 0 Å². The van der Waals surface area contributed by atoms with Gasteiger partial charge in [-0.1, -0.05) is 60.7 Å². The van der Waals surface area contributed by atoms with Crippen molar-refractivity contribution in [3.63, 3.8) is 0 Å². The molecule has 1 aliphatic rings. The fourth-order valence-corrected chi connectivity index (χ4v) is 3.92. The number of ether oxygens (including phenoxy) is 1. The summed E-state index contributed by atoms with van der Waals surface area (Å²) in [6, 6.07) is 20.6. The van der Waals surface area contributed by atoms with E-state index in [4.69, 9.17) is 4.74 Å². The fourth-order valence-electron chi connectivity index (χ4n) is 3.92. The van der Waals surface area contributed by atoms with Gasteiger partial charge in [0.1, 0.15) is 11.8 Å². The van der Waals surface area contributed by atoms with Crippen molar-refractivity contribution in [2.75, 3.05) is 40.4 Å². The summed E-state index contributed by atoms with van der Waals surface area (Å²) < 4.78 is 5.57. The lowest BCUT2D eigenvalue weighted by Gasteiger charge is -2.48. The Bertz CT molecular complexity index is 684. The zero-order valence-corrected chi connectivity index (χ0v) is 15.7.